The molecule has 3 amide bonds. The standard InChI is InChI=1S/C32H37FN4O7/c1-19-25(20(2)44-36-19)6-9-32(40)37-11-10-27-26(17-37)35-31(39)18-42-29-14-21(4-7-28(29)41-3)5-8-30(38)34-16-22-12-23(33)15-24(13-22)43-27/h4,7,12-15,26-27H,5-6,8-11,16-18H2,1-3H3,(H,34,38)(H,35,39)/t26-,27-/m1/s1. The van der Waals surface area contributed by atoms with E-state index in [1.54, 1.807) is 23.1 Å². The molecule has 2 aromatic carbocycles. The molecule has 12 heteroatoms. The summed E-state index contributed by atoms with van der Waals surface area (Å²) in [5.74, 6) is 0.605. The Bertz CT molecular complexity index is 1500. The SMILES string of the molecule is COc1ccc2cc1OCC(=O)N[C@@H]1CN(C(=O)CCc3c(C)noc3C)CC[C@H]1Oc1cc(F)cc(c1)CNC(=O)CC2. The minimum absolute atomic E-state index is 0.0706. The first kappa shape index (κ1) is 30.8. The minimum Gasteiger partial charge on any atom is -0.493 e. The molecule has 5 rings (SSSR count). The van der Waals surface area contributed by atoms with Crippen LogP contribution < -0.4 is 24.8 Å². The highest BCUT2D eigenvalue weighted by Gasteiger charge is 2.34. The van der Waals surface area contributed by atoms with Gasteiger partial charge in [0.1, 0.15) is 23.4 Å². The second-order valence-corrected chi connectivity index (χ2v) is 11.1. The number of piperidine rings is 1. The zero-order valence-electron chi connectivity index (χ0n) is 25.1. The Morgan fingerprint density at radius 3 is 2.73 bits per heavy atom. The van der Waals surface area contributed by atoms with E-state index < -0.39 is 23.9 Å². The summed E-state index contributed by atoms with van der Waals surface area (Å²) < 4.78 is 37.3. The zero-order valence-corrected chi connectivity index (χ0v) is 25.1. The van der Waals surface area contributed by atoms with Gasteiger partial charge in [-0.3, -0.25) is 14.4 Å². The number of carbonyl (C=O) groups excluding carboxylic acids is 3. The Hall–Kier alpha value is -4.61. The summed E-state index contributed by atoms with van der Waals surface area (Å²) in [4.78, 5) is 40.7. The number of methoxy groups -OCH3 is 1. The van der Waals surface area contributed by atoms with Gasteiger partial charge in [0.05, 0.1) is 18.8 Å². The summed E-state index contributed by atoms with van der Waals surface area (Å²) in [6, 6.07) is 8.99. The number of hydrogen-bond acceptors (Lipinski definition) is 8. The summed E-state index contributed by atoms with van der Waals surface area (Å²) in [6.45, 7) is 4.08. The third-order valence-electron chi connectivity index (χ3n) is 7.95. The first-order valence-electron chi connectivity index (χ1n) is 14.7. The van der Waals surface area contributed by atoms with Gasteiger partial charge < -0.3 is 34.3 Å². The normalized spacial score (nSPS) is 19.3. The topological polar surface area (TPSA) is 132 Å². The van der Waals surface area contributed by atoms with Crippen molar-refractivity contribution in [3.05, 3.63) is 70.4 Å². The summed E-state index contributed by atoms with van der Waals surface area (Å²) in [5, 5.41) is 9.77. The lowest BCUT2D eigenvalue weighted by Gasteiger charge is -2.39. The molecule has 1 fully saturated rings. The Kier molecular flexibility index (Phi) is 9.66. The maximum absolute atomic E-state index is 14.6. The molecule has 3 heterocycles. The van der Waals surface area contributed by atoms with E-state index >= 15 is 0 Å². The Morgan fingerprint density at radius 2 is 1.95 bits per heavy atom. The third kappa shape index (κ3) is 7.66. The van der Waals surface area contributed by atoms with Crippen LogP contribution in [0, 0.1) is 19.7 Å². The average Bonchev–Trinajstić information content (AvgIpc) is 3.33. The first-order chi connectivity index (χ1) is 21.2. The van der Waals surface area contributed by atoms with E-state index in [1.165, 1.54) is 19.2 Å². The Balaban J connectivity index is 1.36. The number of halogens is 1. The highest BCUT2D eigenvalue weighted by atomic mass is 19.1. The quantitative estimate of drug-likeness (QED) is 0.462. The zero-order chi connectivity index (χ0) is 31.2. The van der Waals surface area contributed by atoms with Gasteiger partial charge in [-0.25, -0.2) is 4.39 Å². The van der Waals surface area contributed by atoms with Crippen LogP contribution in [0.3, 0.4) is 0 Å². The maximum Gasteiger partial charge on any atom is 0.258 e. The molecule has 44 heavy (non-hydrogen) atoms. The summed E-state index contributed by atoms with van der Waals surface area (Å²) in [6.07, 6.45) is 1.24. The Morgan fingerprint density at radius 1 is 1.11 bits per heavy atom. The number of aromatic nitrogens is 1. The number of benzene rings is 2. The molecule has 1 aromatic heterocycles. The summed E-state index contributed by atoms with van der Waals surface area (Å²) >= 11 is 0. The molecule has 2 N–H and O–H groups in total. The molecule has 0 radical (unpaired) electrons. The predicted molar refractivity (Wildman–Crippen MR) is 157 cm³/mol. The summed E-state index contributed by atoms with van der Waals surface area (Å²) in [7, 11) is 1.51. The number of aryl methyl sites for hydroxylation is 3. The molecule has 0 aliphatic carbocycles. The van der Waals surface area contributed by atoms with Crippen molar-refractivity contribution in [3.63, 3.8) is 0 Å². The molecule has 11 nitrogen and oxygen atoms in total. The highest BCUT2D eigenvalue weighted by Crippen LogP contribution is 2.29. The monoisotopic (exact) mass is 608 g/mol. The van der Waals surface area contributed by atoms with Crippen LogP contribution in [0.4, 0.5) is 4.39 Å². The number of fused-ring (bicyclic) bond motifs is 5. The van der Waals surface area contributed by atoms with E-state index in [9.17, 15) is 18.8 Å². The van der Waals surface area contributed by atoms with Gasteiger partial charge in [-0.05, 0) is 62.1 Å². The van der Waals surface area contributed by atoms with Gasteiger partial charge in [0.15, 0.2) is 18.1 Å². The van der Waals surface area contributed by atoms with Gasteiger partial charge >= 0.3 is 0 Å². The fourth-order valence-electron chi connectivity index (χ4n) is 5.58. The average molecular weight is 609 g/mol. The number of ether oxygens (including phenoxy) is 3. The van der Waals surface area contributed by atoms with Gasteiger partial charge in [-0.2, -0.15) is 0 Å². The van der Waals surface area contributed by atoms with Crippen LogP contribution in [0.15, 0.2) is 40.9 Å². The number of nitrogens with zero attached hydrogens (tertiary/aromatic N) is 2. The van der Waals surface area contributed by atoms with Crippen LogP contribution in [0.5, 0.6) is 17.2 Å². The second-order valence-electron chi connectivity index (χ2n) is 11.1. The van der Waals surface area contributed by atoms with Crippen molar-refractivity contribution in [1.82, 2.24) is 20.7 Å². The van der Waals surface area contributed by atoms with Crippen LogP contribution in [-0.2, 0) is 33.8 Å². The summed E-state index contributed by atoms with van der Waals surface area (Å²) in [5.41, 5.74) is 3.05. The molecule has 1 saturated heterocycles. The molecule has 2 atom stereocenters. The van der Waals surface area contributed by atoms with Crippen molar-refractivity contribution in [1.29, 1.82) is 0 Å². The third-order valence-corrected chi connectivity index (χ3v) is 7.95. The van der Waals surface area contributed by atoms with Crippen molar-refractivity contribution in [2.45, 2.75) is 64.6 Å². The molecular formula is C32H37FN4O7. The molecular weight excluding hydrogens is 571 g/mol. The van der Waals surface area contributed by atoms with Crippen molar-refractivity contribution < 1.29 is 37.5 Å². The van der Waals surface area contributed by atoms with Gasteiger partial charge in [-0.1, -0.05) is 11.2 Å². The molecule has 0 saturated carbocycles. The predicted octanol–water partition coefficient (Wildman–Crippen LogP) is 3.18. The van der Waals surface area contributed by atoms with Crippen LogP contribution in [0.25, 0.3) is 0 Å². The minimum atomic E-state index is -0.596. The lowest BCUT2D eigenvalue weighted by Crippen LogP contribution is -2.58. The van der Waals surface area contributed by atoms with Gasteiger partial charge in [-0.15, -0.1) is 0 Å². The number of likely N-dealkylation sites (tertiary alicyclic amines) is 1. The van der Waals surface area contributed by atoms with E-state index in [2.05, 4.69) is 15.8 Å². The van der Waals surface area contributed by atoms with Crippen molar-refractivity contribution in [2.24, 2.45) is 0 Å². The van der Waals surface area contributed by atoms with Crippen LogP contribution in [0.1, 0.15) is 47.4 Å². The fraction of sp³-hybridized carbons (Fsp3) is 0.438. The second kappa shape index (κ2) is 13.8. The smallest absolute Gasteiger partial charge is 0.258 e. The lowest BCUT2D eigenvalue weighted by atomic mass is 10.00. The molecule has 2 aliphatic rings. The van der Waals surface area contributed by atoms with Crippen LogP contribution >= 0.6 is 0 Å². The van der Waals surface area contributed by atoms with E-state index in [-0.39, 0.29) is 50.1 Å². The molecule has 0 spiro atoms. The number of rotatable bonds is 4. The molecule has 3 aromatic rings. The molecule has 0 unspecified atom stereocenters. The number of amides is 3. The largest absolute Gasteiger partial charge is 0.493 e. The number of carbonyl (C=O) groups is 3. The Labute approximate surface area is 255 Å². The van der Waals surface area contributed by atoms with Gasteiger partial charge in [0.25, 0.3) is 5.91 Å². The van der Waals surface area contributed by atoms with Gasteiger partial charge in [0, 0.05) is 50.5 Å². The molecule has 4 bridgehead atoms. The maximum atomic E-state index is 14.6. The van der Waals surface area contributed by atoms with Crippen molar-refractivity contribution in [2.75, 3.05) is 26.8 Å². The lowest BCUT2D eigenvalue weighted by molar-refractivity contribution is -0.135. The van der Waals surface area contributed by atoms with Crippen molar-refractivity contribution >= 4 is 17.7 Å². The van der Waals surface area contributed by atoms with Crippen LogP contribution in [0.2, 0.25) is 0 Å². The van der Waals surface area contributed by atoms with E-state index in [0.29, 0.717) is 48.6 Å². The molecule has 234 valence electrons. The van der Waals surface area contributed by atoms with E-state index in [1.807, 2.05) is 19.9 Å². The highest BCUT2D eigenvalue weighted by molar-refractivity contribution is 5.79. The van der Waals surface area contributed by atoms with Gasteiger partial charge in [0.2, 0.25) is 11.8 Å². The van der Waals surface area contributed by atoms with Crippen molar-refractivity contribution in [3.8, 4) is 17.2 Å². The van der Waals surface area contributed by atoms with Crippen LogP contribution in [-0.4, -0.2) is 66.7 Å². The van der Waals surface area contributed by atoms with E-state index in [0.717, 1.165) is 16.8 Å². The molecule has 2 aliphatic heterocycles. The van der Waals surface area contributed by atoms with E-state index in [4.69, 9.17) is 18.7 Å². The number of hydrogen-bond donors (Lipinski definition) is 2. The number of nitrogens with one attached hydrogen (secondary N) is 2. The first-order valence-corrected chi connectivity index (χ1v) is 14.7. The fourth-order valence-corrected chi connectivity index (χ4v) is 5.58.